The Bertz CT molecular complexity index is 283. The highest BCUT2D eigenvalue weighted by molar-refractivity contribution is 7.09. The van der Waals surface area contributed by atoms with Gasteiger partial charge in [0.15, 0.2) is 0 Å². The lowest BCUT2D eigenvalue weighted by Gasteiger charge is -1.94. The van der Waals surface area contributed by atoms with Crippen molar-refractivity contribution in [3.63, 3.8) is 0 Å². The number of hydroxylamine groups is 1. The Morgan fingerprint density at radius 3 is 3.17 bits per heavy atom. The molecule has 0 saturated heterocycles. The predicted molar refractivity (Wildman–Crippen MR) is 47.1 cm³/mol. The van der Waals surface area contributed by atoms with Gasteiger partial charge in [-0.3, -0.25) is 5.21 Å². The lowest BCUT2D eigenvalue weighted by atomic mass is 10.6. The SMILES string of the molecule is Cc1csc(CN=C(N)NO)n1. The molecule has 0 aliphatic rings. The Balaban J connectivity index is 2.53. The monoisotopic (exact) mass is 186 g/mol. The van der Waals surface area contributed by atoms with Gasteiger partial charge >= 0.3 is 0 Å². The van der Waals surface area contributed by atoms with E-state index in [1.807, 2.05) is 12.3 Å². The van der Waals surface area contributed by atoms with E-state index in [9.17, 15) is 0 Å². The Morgan fingerprint density at radius 2 is 2.67 bits per heavy atom. The van der Waals surface area contributed by atoms with Gasteiger partial charge in [-0.15, -0.1) is 11.3 Å². The minimum Gasteiger partial charge on any atom is -0.368 e. The van der Waals surface area contributed by atoms with Crippen LogP contribution in [0, 0.1) is 6.92 Å². The normalized spacial score (nSPS) is 11.7. The number of rotatable bonds is 2. The molecule has 66 valence electrons. The van der Waals surface area contributed by atoms with Crippen LogP contribution in [0.15, 0.2) is 10.4 Å². The van der Waals surface area contributed by atoms with Crippen molar-refractivity contribution in [3.05, 3.63) is 16.1 Å². The fourth-order valence-corrected chi connectivity index (χ4v) is 1.36. The van der Waals surface area contributed by atoms with Crippen molar-refractivity contribution in [1.29, 1.82) is 0 Å². The number of hydrogen-bond donors (Lipinski definition) is 3. The Hall–Kier alpha value is -1.14. The maximum atomic E-state index is 8.30. The van der Waals surface area contributed by atoms with Crippen LogP contribution in [-0.4, -0.2) is 16.2 Å². The molecule has 0 fully saturated rings. The van der Waals surface area contributed by atoms with Gasteiger partial charge in [0, 0.05) is 11.1 Å². The van der Waals surface area contributed by atoms with Crippen molar-refractivity contribution in [2.75, 3.05) is 0 Å². The third-order valence-electron chi connectivity index (χ3n) is 1.17. The maximum Gasteiger partial charge on any atom is 0.213 e. The van der Waals surface area contributed by atoms with E-state index >= 15 is 0 Å². The van der Waals surface area contributed by atoms with E-state index in [-0.39, 0.29) is 5.96 Å². The molecule has 5 nitrogen and oxygen atoms in total. The highest BCUT2D eigenvalue weighted by Gasteiger charge is 1.96. The standard InChI is InChI=1S/C6H10N4OS/c1-4-3-12-5(9-4)2-8-6(7)10-11/h3,11H,2H2,1H3,(H3,7,8,10). The zero-order valence-electron chi connectivity index (χ0n) is 6.61. The Kier molecular flexibility index (Phi) is 3.01. The number of nitrogens with one attached hydrogen (secondary N) is 1. The van der Waals surface area contributed by atoms with Gasteiger partial charge in [-0.25, -0.2) is 15.5 Å². The van der Waals surface area contributed by atoms with Crippen LogP contribution >= 0.6 is 11.3 Å². The number of aromatic nitrogens is 1. The molecule has 12 heavy (non-hydrogen) atoms. The Morgan fingerprint density at radius 1 is 1.92 bits per heavy atom. The molecule has 1 aromatic rings. The van der Waals surface area contributed by atoms with Crippen LogP contribution in [-0.2, 0) is 6.54 Å². The van der Waals surface area contributed by atoms with E-state index in [0.29, 0.717) is 6.54 Å². The molecule has 0 aliphatic heterocycles. The summed E-state index contributed by atoms with van der Waals surface area (Å²) < 4.78 is 0. The van der Waals surface area contributed by atoms with Crippen molar-refractivity contribution < 1.29 is 5.21 Å². The molecule has 0 aliphatic carbocycles. The van der Waals surface area contributed by atoms with Crippen LogP contribution in [0.25, 0.3) is 0 Å². The highest BCUT2D eigenvalue weighted by Crippen LogP contribution is 2.08. The molecule has 1 heterocycles. The average Bonchev–Trinajstić information content (AvgIpc) is 2.47. The van der Waals surface area contributed by atoms with E-state index in [1.54, 1.807) is 5.48 Å². The van der Waals surface area contributed by atoms with Crippen LogP contribution in [0.2, 0.25) is 0 Å². The molecule has 0 aromatic carbocycles. The van der Waals surface area contributed by atoms with Crippen molar-refractivity contribution in [2.45, 2.75) is 13.5 Å². The summed E-state index contributed by atoms with van der Waals surface area (Å²) in [6.45, 7) is 2.31. The molecule has 6 heteroatoms. The smallest absolute Gasteiger partial charge is 0.213 e. The molecule has 0 radical (unpaired) electrons. The maximum absolute atomic E-state index is 8.30. The third-order valence-corrected chi connectivity index (χ3v) is 2.12. The fraction of sp³-hybridized carbons (Fsp3) is 0.333. The molecule has 4 N–H and O–H groups in total. The first-order valence-corrected chi connectivity index (χ1v) is 4.21. The summed E-state index contributed by atoms with van der Waals surface area (Å²) in [5.74, 6) is 0.00264. The van der Waals surface area contributed by atoms with E-state index in [4.69, 9.17) is 10.9 Å². The molecule has 0 atom stereocenters. The molecule has 0 amide bonds. The second-order valence-electron chi connectivity index (χ2n) is 2.20. The summed E-state index contributed by atoms with van der Waals surface area (Å²) in [4.78, 5) is 7.97. The second-order valence-corrected chi connectivity index (χ2v) is 3.14. The number of thiazole rings is 1. The average molecular weight is 186 g/mol. The van der Waals surface area contributed by atoms with E-state index in [0.717, 1.165) is 10.7 Å². The lowest BCUT2D eigenvalue weighted by Crippen LogP contribution is -2.28. The molecule has 0 saturated carbocycles. The summed E-state index contributed by atoms with van der Waals surface area (Å²) in [6.07, 6.45) is 0. The number of nitrogens with two attached hydrogens (primary N) is 1. The van der Waals surface area contributed by atoms with Gasteiger partial charge in [0.05, 0.1) is 6.54 Å². The van der Waals surface area contributed by atoms with Crippen LogP contribution in [0.4, 0.5) is 0 Å². The van der Waals surface area contributed by atoms with Gasteiger partial charge in [0.2, 0.25) is 5.96 Å². The van der Waals surface area contributed by atoms with Crippen LogP contribution < -0.4 is 11.2 Å². The van der Waals surface area contributed by atoms with Crippen molar-refractivity contribution in [1.82, 2.24) is 10.5 Å². The highest BCUT2D eigenvalue weighted by atomic mass is 32.1. The molecule has 0 spiro atoms. The van der Waals surface area contributed by atoms with Gasteiger partial charge in [0.1, 0.15) is 5.01 Å². The number of hydrogen-bond acceptors (Lipinski definition) is 4. The third kappa shape index (κ3) is 2.48. The quantitative estimate of drug-likeness (QED) is 0.351. The first-order valence-electron chi connectivity index (χ1n) is 3.33. The van der Waals surface area contributed by atoms with Crippen LogP contribution in [0.1, 0.15) is 10.7 Å². The van der Waals surface area contributed by atoms with Crippen LogP contribution in [0.5, 0.6) is 0 Å². The first kappa shape index (κ1) is 8.95. The zero-order valence-corrected chi connectivity index (χ0v) is 7.43. The summed E-state index contributed by atoms with van der Waals surface area (Å²) >= 11 is 1.52. The van der Waals surface area contributed by atoms with E-state index < -0.39 is 0 Å². The van der Waals surface area contributed by atoms with Gasteiger partial charge in [-0.2, -0.15) is 0 Å². The molecule has 0 unspecified atom stereocenters. The first-order chi connectivity index (χ1) is 5.72. The number of aliphatic imine (C=N–C) groups is 1. The predicted octanol–water partition coefficient (Wildman–Crippen LogP) is 0.245. The van der Waals surface area contributed by atoms with Gasteiger partial charge < -0.3 is 5.73 Å². The van der Waals surface area contributed by atoms with Crippen LogP contribution in [0.3, 0.4) is 0 Å². The van der Waals surface area contributed by atoms with Crippen molar-refractivity contribution in [3.8, 4) is 0 Å². The van der Waals surface area contributed by atoms with Gasteiger partial charge in [-0.05, 0) is 6.92 Å². The summed E-state index contributed by atoms with van der Waals surface area (Å²) in [5, 5.41) is 11.1. The largest absolute Gasteiger partial charge is 0.368 e. The molecule has 1 aromatic heterocycles. The fourth-order valence-electron chi connectivity index (χ4n) is 0.663. The topological polar surface area (TPSA) is 83.5 Å². The van der Waals surface area contributed by atoms with E-state index in [1.165, 1.54) is 11.3 Å². The van der Waals surface area contributed by atoms with Gasteiger partial charge in [-0.1, -0.05) is 0 Å². The Labute approximate surface area is 73.9 Å². The number of nitrogens with zero attached hydrogens (tertiary/aromatic N) is 2. The van der Waals surface area contributed by atoms with Crippen molar-refractivity contribution >= 4 is 17.3 Å². The minimum absolute atomic E-state index is 0.00264. The number of aryl methyl sites for hydroxylation is 1. The molecule has 1 rings (SSSR count). The molecular weight excluding hydrogens is 176 g/mol. The summed E-state index contributed by atoms with van der Waals surface area (Å²) in [7, 11) is 0. The molecular formula is C6H10N4OS. The summed E-state index contributed by atoms with van der Waals surface area (Å²) in [6, 6.07) is 0. The zero-order chi connectivity index (χ0) is 8.97. The van der Waals surface area contributed by atoms with Crippen molar-refractivity contribution in [2.24, 2.45) is 10.7 Å². The van der Waals surface area contributed by atoms with Gasteiger partial charge in [0.25, 0.3) is 0 Å². The lowest BCUT2D eigenvalue weighted by molar-refractivity contribution is 0.232. The second kappa shape index (κ2) is 4.03. The summed E-state index contributed by atoms with van der Waals surface area (Å²) in [5.41, 5.74) is 7.91. The number of guanidine groups is 1. The van der Waals surface area contributed by atoms with E-state index in [2.05, 4.69) is 9.98 Å². The minimum atomic E-state index is 0.00264. The molecule has 0 bridgehead atoms.